The van der Waals surface area contributed by atoms with Crippen molar-refractivity contribution in [1.82, 2.24) is 9.80 Å². The summed E-state index contributed by atoms with van der Waals surface area (Å²) in [6.45, 7) is 5.15. The van der Waals surface area contributed by atoms with Crippen LogP contribution in [-0.2, 0) is 14.3 Å². The molecule has 0 bridgehead atoms. The monoisotopic (exact) mass is 286 g/mol. The van der Waals surface area contributed by atoms with Crippen molar-refractivity contribution in [2.45, 2.75) is 32.0 Å². The Bertz CT molecular complexity index is 363. The average Bonchev–Trinajstić information content (AvgIpc) is 2.62. The summed E-state index contributed by atoms with van der Waals surface area (Å²) in [5, 5.41) is 8.80. The lowest BCUT2D eigenvalue weighted by Gasteiger charge is -2.36. The predicted octanol–water partition coefficient (Wildman–Crippen LogP) is 0.393. The number of carbonyl (C=O) groups excluding carboxylic acids is 1. The highest BCUT2D eigenvalue weighted by Gasteiger charge is 2.30. The summed E-state index contributed by atoms with van der Waals surface area (Å²) in [6, 6.07) is -0.0407. The Morgan fingerprint density at radius 2 is 1.90 bits per heavy atom. The molecule has 0 aromatic rings. The molecule has 0 spiro atoms. The topological polar surface area (TPSA) is 79.3 Å². The highest BCUT2D eigenvalue weighted by Crippen LogP contribution is 2.13. The van der Waals surface area contributed by atoms with Gasteiger partial charge in [-0.1, -0.05) is 0 Å². The first-order chi connectivity index (χ1) is 9.56. The Hall–Kier alpha value is -1.34. The van der Waals surface area contributed by atoms with Crippen LogP contribution in [0.2, 0.25) is 0 Å². The molecule has 2 unspecified atom stereocenters. The van der Waals surface area contributed by atoms with E-state index in [0.29, 0.717) is 39.4 Å². The standard InChI is InChI=1S/C13H22N2O5/c1-10-8-14(3-2-5-19-10)13(18)15-4-6-20-11(9-15)7-12(16)17/h10-11H,2-9H2,1H3,(H,16,17). The van der Waals surface area contributed by atoms with E-state index in [9.17, 15) is 9.59 Å². The minimum atomic E-state index is -0.902. The molecular formula is C13H22N2O5. The van der Waals surface area contributed by atoms with Gasteiger partial charge >= 0.3 is 12.0 Å². The molecule has 114 valence electrons. The van der Waals surface area contributed by atoms with Crippen molar-refractivity contribution < 1.29 is 24.2 Å². The summed E-state index contributed by atoms with van der Waals surface area (Å²) in [5.41, 5.74) is 0. The molecule has 0 saturated carbocycles. The lowest BCUT2D eigenvalue weighted by molar-refractivity contribution is -0.141. The summed E-state index contributed by atoms with van der Waals surface area (Å²) in [6.07, 6.45) is 0.394. The SMILES string of the molecule is CC1CN(C(=O)N2CCOC(CC(=O)O)C2)CCCO1. The first-order valence-corrected chi connectivity index (χ1v) is 7.05. The maximum absolute atomic E-state index is 12.5. The molecule has 2 rings (SSSR count). The number of hydrogen-bond acceptors (Lipinski definition) is 4. The molecule has 2 aliphatic heterocycles. The van der Waals surface area contributed by atoms with Gasteiger partial charge in [0.1, 0.15) is 0 Å². The first kappa shape index (κ1) is 15.1. The van der Waals surface area contributed by atoms with Gasteiger partial charge in [0.05, 0.1) is 25.2 Å². The Morgan fingerprint density at radius 3 is 2.65 bits per heavy atom. The van der Waals surface area contributed by atoms with Crippen LogP contribution in [0.1, 0.15) is 19.8 Å². The zero-order valence-electron chi connectivity index (χ0n) is 11.8. The molecule has 2 aliphatic rings. The third-order valence-corrected chi connectivity index (χ3v) is 3.53. The van der Waals surface area contributed by atoms with Gasteiger partial charge < -0.3 is 24.4 Å². The van der Waals surface area contributed by atoms with Crippen LogP contribution in [0, 0.1) is 0 Å². The minimum absolute atomic E-state index is 0.0392. The number of amides is 2. The second kappa shape index (κ2) is 6.90. The normalized spacial score (nSPS) is 28.1. The van der Waals surface area contributed by atoms with E-state index < -0.39 is 12.1 Å². The van der Waals surface area contributed by atoms with Gasteiger partial charge in [0.2, 0.25) is 0 Å². The van der Waals surface area contributed by atoms with Gasteiger partial charge in [-0.25, -0.2) is 4.79 Å². The van der Waals surface area contributed by atoms with Gasteiger partial charge in [0, 0.05) is 32.8 Å². The summed E-state index contributed by atoms with van der Waals surface area (Å²) < 4.78 is 10.9. The maximum Gasteiger partial charge on any atom is 0.320 e. The molecule has 0 aromatic carbocycles. The lowest BCUT2D eigenvalue weighted by atomic mass is 10.2. The quantitative estimate of drug-likeness (QED) is 0.794. The first-order valence-electron chi connectivity index (χ1n) is 7.05. The van der Waals surface area contributed by atoms with Gasteiger partial charge in [-0.05, 0) is 13.3 Å². The van der Waals surface area contributed by atoms with Crippen molar-refractivity contribution in [2.24, 2.45) is 0 Å². The molecule has 2 heterocycles. The number of carboxylic acid groups (broad SMARTS) is 1. The Kier molecular flexibility index (Phi) is 5.19. The fourth-order valence-electron chi connectivity index (χ4n) is 2.58. The number of urea groups is 1. The number of nitrogens with zero attached hydrogens (tertiary/aromatic N) is 2. The van der Waals surface area contributed by atoms with E-state index in [1.807, 2.05) is 6.92 Å². The van der Waals surface area contributed by atoms with Crippen molar-refractivity contribution in [3.05, 3.63) is 0 Å². The highest BCUT2D eigenvalue weighted by molar-refractivity contribution is 5.75. The summed E-state index contributed by atoms with van der Waals surface area (Å²) in [5.74, 6) is -0.902. The van der Waals surface area contributed by atoms with Gasteiger partial charge in [0.15, 0.2) is 0 Å². The fourth-order valence-corrected chi connectivity index (χ4v) is 2.58. The smallest absolute Gasteiger partial charge is 0.320 e. The molecule has 2 amide bonds. The molecule has 7 nitrogen and oxygen atoms in total. The molecular weight excluding hydrogens is 264 g/mol. The van der Waals surface area contributed by atoms with Crippen LogP contribution >= 0.6 is 0 Å². The van der Waals surface area contributed by atoms with Crippen molar-refractivity contribution >= 4 is 12.0 Å². The van der Waals surface area contributed by atoms with Crippen LogP contribution in [0.15, 0.2) is 0 Å². The van der Waals surface area contributed by atoms with Gasteiger partial charge in [0.25, 0.3) is 0 Å². The molecule has 1 N–H and O–H groups in total. The van der Waals surface area contributed by atoms with Crippen molar-refractivity contribution in [3.63, 3.8) is 0 Å². The van der Waals surface area contributed by atoms with Crippen molar-refractivity contribution in [1.29, 1.82) is 0 Å². The number of ether oxygens (including phenoxy) is 2. The second-order valence-corrected chi connectivity index (χ2v) is 5.30. The molecule has 0 radical (unpaired) electrons. The predicted molar refractivity (Wildman–Crippen MR) is 70.6 cm³/mol. The summed E-state index contributed by atoms with van der Waals surface area (Å²) in [4.78, 5) is 26.7. The number of aliphatic carboxylic acids is 1. The highest BCUT2D eigenvalue weighted by atomic mass is 16.5. The van der Waals surface area contributed by atoms with Crippen LogP contribution < -0.4 is 0 Å². The molecule has 2 atom stereocenters. The molecule has 20 heavy (non-hydrogen) atoms. The number of rotatable bonds is 2. The van der Waals surface area contributed by atoms with E-state index in [-0.39, 0.29) is 18.6 Å². The maximum atomic E-state index is 12.5. The fraction of sp³-hybridized carbons (Fsp3) is 0.846. The number of carboxylic acids is 1. The molecule has 2 saturated heterocycles. The van der Waals surface area contributed by atoms with E-state index in [4.69, 9.17) is 14.6 Å². The number of hydrogen-bond donors (Lipinski definition) is 1. The van der Waals surface area contributed by atoms with Gasteiger partial charge in [-0.3, -0.25) is 4.79 Å². The number of morpholine rings is 1. The Labute approximate surface area is 118 Å². The van der Waals surface area contributed by atoms with Crippen LogP contribution in [0.4, 0.5) is 4.79 Å². The zero-order valence-corrected chi connectivity index (χ0v) is 11.8. The van der Waals surface area contributed by atoms with E-state index in [1.54, 1.807) is 9.80 Å². The summed E-state index contributed by atoms with van der Waals surface area (Å²) >= 11 is 0. The van der Waals surface area contributed by atoms with Crippen LogP contribution in [0.5, 0.6) is 0 Å². The Balaban J connectivity index is 1.91. The van der Waals surface area contributed by atoms with Crippen LogP contribution in [0.3, 0.4) is 0 Å². The lowest BCUT2D eigenvalue weighted by Crippen LogP contribution is -2.52. The third-order valence-electron chi connectivity index (χ3n) is 3.53. The van der Waals surface area contributed by atoms with E-state index in [1.165, 1.54) is 0 Å². The van der Waals surface area contributed by atoms with Crippen LogP contribution in [0.25, 0.3) is 0 Å². The van der Waals surface area contributed by atoms with Crippen LogP contribution in [-0.4, -0.2) is 78.5 Å². The van der Waals surface area contributed by atoms with E-state index in [2.05, 4.69) is 0 Å². The third kappa shape index (κ3) is 4.08. The van der Waals surface area contributed by atoms with Crippen molar-refractivity contribution in [2.75, 3.05) is 39.4 Å². The second-order valence-electron chi connectivity index (χ2n) is 5.30. The minimum Gasteiger partial charge on any atom is -0.481 e. The number of carbonyl (C=O) groups is 2. The Morgan fingerprint density at radius 1 is 1.15 bits per heavy atom. The van der Waals surface area contributed by atoms with E-state index >= 15 is 0 Å². The van der Waals surface area contributed by atoms with E-state index in [0.717, 1.165) is 6.42 Å². The molecule has 7 heteroatoms. The molecule has 0 aliphatic carbocycles. The molecule has 2 fully saturated rings. The average molecular weight is 286 g/mol. The molecule has 0 aromatic heterocycles. The van der Waals surface area contributed by atoms with Gasteiger partial charge in [-0.2, -0.15) is 0 Å². The zero-order chi connectivity index (χ0) is 14.5. The largest absolute Gasteiger partial charge is 0.481 e. The van der Waals surface area contributed by atoms with Crippen molar-refractivity contribution in [3.8, 4) is 0 Å². The van der Waals surface area contributed by atoms with Gasteiger partial charge in [-0.15, -0.1) is 0 Å². The summed E-state index contributed by atoms with van der Waals surface area (Å²) in [7, 11) is 0.